The molecule has 1 aromatic heterocycles. The molecule has 1 fully saturated rings. The first kappa shape index (κ1) is 13.2. The lowest BCUT2D eigenvalue weighted by molar-refractivity contribution is 0.708. The van der Waals surface area contributed by atoms with Crippen molar-refractivity contribution in [2.45, 2.75) is 32.2 Å². The Morgan fingerprint density at radius 2 is 2.05 bits per heavy atom. The van der Waals surface area contributed by atoms with Crippen LogP contribution >= 0.6 is 31.9 Å². The molecule has 100 valence electrons. The molecule has 1 aliphatic carbocycles. The van der Waals surface area contributed by atoms with Crippen molar-refractivity contribution >= 4 is 37.7 Å². The molecule has 1 heterocycles. The lowest BCUT2D eigenvalue weighted by Crippen LogP contribution is -2.04. The molecule has 0 atom stereocenters. The van der Waals surface area contributed by atoms with Crippen LogP contribution in [0.25, 0.3) is 11.3 Å². The third-order valence-electron chi connectivity index (χ3n) is 3.49. The predicted molar refractivity (Wildman–Crippen MR) is 85.1 cm³/mol. The lowest BCUT2D eigenvalue weighted by Gasteiger charge is -2.05. The monoisotopic (exact) mass is 383 g/mol. The fourth-order valence-electron chi connectivity index (χ4n) is 2.32. The highest BCUT2D eigenvalue weighted by Gasteiger charge is 2.30. The molecule has 5 heteroatoms. The molecule has 2 aromatic rings. The molecule has 0 bridgehead atoms. The topological polar surface area (TPSA) is 43.8 Å². The second-order valence-electron chi connectivity index (χ2n) is 4.85. The molecule has 1 aliphatic rings. The number of nitrogen functional groups attached to an aromatic ring is 1. The smallest absolute Gasteiger partial charge is 0.131 e. The van der Waals surface area contributed by atoms with E-state index in [1.807, 2.05) is 12.1 Å². The van der Waals surface area contributed by atoms with Crippen molar-refractivity contribution in [2.24, 2.45) is 0 Å². The van der Waals surface area contributed by atoms with Gasteiger partial charge in [0, 0.05) is 27.0 Å². The lowest BCUT2D eigenvalue weighted by atomic mass is 10.1. The summed E-state index contributed by atoms with van der Waals surface area (Å²) in [4.78, 5) is 4.79. The van der Waals surface area contributed by atoms with Crippen molar-refractivity contribution < 1.29 is 0 Å². The summed E-state index contributed by atoms with van der Waals surface area (Å²) < 4.78 is 4.19. The largest absolute Gasteiger partial charge is 0.383 e. The van der Waals surface area contributed by atoms with Crippen molar-refractivity contribution in [3.05, 3.63) is 33.0 Å². The number of imidazole rings is 1. The maximum absolute atomic E-state index is 6.27. The van der Waals surface area contributed by atoms with Crippen molar-refractivity contribution in [2.75, 3.05) is 5.73 Å². The first-order valence-corrected chi connectivity index (χ1v) is 8.01. The average Bonchev–Trinajstić information content (AvgIpc) is 3.17. The summed E-state index contributed by atoms with van der Waals surface area (Å²) in [5.41, 5.74) is 8.23. The summed E-state index contributed by atoms with van der Waals surface area (Å²) >= 11 is 7.01. The summed E-state index contributed by atoms with van der Waals surface area (Å²) in [7, 11) is 0. The highest BCUT2D eigenvalue weighted by Crippen LogP contribution is 2.42. The van der Waals surface area contributed by atoms with Crippen molar-refractivity contribution in [1.82, 2.24) is 9.55 Å². The Morgan fingerprint density at radius 1 is 1.32 bits per heavy atom. The van der Waals surface area contributed by atoms with Gasteiger partial charge in [0.15, 0.2) is 0 Å². The Labute approximate surface area is 129 Å². The van der Waals surface area contributed by atoms with Crippen LogP contribution in [-0.2, 0) is 6.54 Å². The van der Waals surface area contributed by atoms with E-state index < -0.39 is 0 Å². The number of rotatable bonds is 3. The van der Waals surface area contributed by atoms with Crippen LogP contribution in [0.4, 0.5) is 5.82 Å². The van der Waals surface area contributed by atoms with Gasteiger partial charge in [-0.15, -0.1) is 0 Å². The van der Waals surface area contributed by atoms with Crippen molar-refractivity contribution in [3.8, 4) is 11.3 Å². The van der Waals surface area contributed by atoms with Crippen LogP contribution in [0.5, 0.6) is 0 Å². The number of nitrogens with zero attached hydrogens (tertiary/aromatic N) is 2. The zero-order valence-corrected chi connectivity index (χ0v) is 13.8. The highest BCUT2D eigenvalue weighted by molar-refractivity contribution is 9.13. The van der Waals surface area contributed by atoms with Crippen LogP contribution in [0.1, 0.15) is 31.5 Å². The molecular weight excluding hydrogens is 370 g/mol. The Morgan fingerprint density at radius 3 is 2.63 bits per heavy atom. The van der Waals surface area contributed by atoms with Gasteiger partial charge in [0.05, 0.1) is 0 Å². The third-order valence-corrected chi connectivity index (χ3v) is 5.37. The van der Waals surface area contributed by atoms with Gasteiger partial charge in [0.2, 0.25) is 0 Å². The van der Waals surface area contributed by atoms with Crippen LogP contribution in [0.15, 0.2) is 27.1 Å². The van der Waals surface area contributed by atoms with Crippen LogP contribution in [0.3, 0.4) is 0 Å². The number of hydrogen-bond acceptors (Lipinski definition) is 2. The molecule has 0 unspecified atom stereocenters. The summed E-state index contributed by atoms with van der Waals surface area (Å²) in [6, 6.07) is 6.12. The summed E-state index contributed by atoms with van der Waals surface area (Å²) in [6.07, 6.45) is 2.47. The van der Waals surface area contributed by atoms with E-state index in [-0.39, 0.29) is 0 Å². The van der Waals surface area contributed by atoms with Gasteiger partial charge in [-0.2, -0.15) is 0 Å². The van der Waals surface area contributed by atoms with Crippen molar-refractivity contribution in [1.29, 1.82) is 0 Å². The van der Waals surface area contributed by atoms with Gasteiger partial charge in [-0.1, -0.05) is 6.07 Å². The van der Waals surface area contributed by atoms with E-state index in [9.17, 15) is 0 Å². The fraction of sp³-hybridized carbons (Fsp3) is 0.357. The van der Waals surface area contributed by atoms with Gasteiger partial charge in [0.25, 0.3) is 0 Å². The van der Waals surface area contributed by atoms with E-state index in [1.165, 1.54) is 12.8 Å². The van der Waals surface area contributed by atoms with Gasteiger partial charge in [-0.05, 0) is 63.8 Å². The second-order valence-corrected chi connectivity index (χ2v) is 6.56. The Hall–Kier alpha value is -0.810. The Kier molecular flexibility index (Phi) is 3.43. The predicted octanol–water partition coefficient (Wildman–Crippen LogP) is 4.55. The quantitative estimate of drug-likeness (QED) is 0.843. The molecule has 0 saturated heterocycles. The minimum absolute atomic E-state index is 0.606. The van der Waals surface area contributed by atoms with E-state index in [2.05, 4.69) is 49.4 Å². The molecule has 1 aromatic carbocycles. The van der Waals surface area contributed by atoms with E-state index in [1.54, 1.807) is 0 Å². The molecule has 1 saturated carbocycles. The summed E-state index contributed by atoms with van der Waals surface area (Å²) in [5.74, 6) is 2.53. The number of hydrogen-bond donors (Lipinski definition) is 1. The SMILES string of the molecule is CCn1c(C2CC2)nc(-c2ccc(Br)c(Br)c2)c1N. The van der Waals surface area contributed by atoms with Crippen LogP contribution in [0.2, 0.25) is 0 Å². The molecular formula is C14H15Br2N3. The number of nitrogens with two attached hydrogens (primary N) is 1. The van der Waals surface area contributed by atoms with Crippen LogP contribution in [-0.4, -0.2) is 9.55 Å². The van der Waals surface area contributed by atoms with Crippen LogP contribution in [0, 0.1) is 0 Å². The average molecular weight is 385 g/mol. The molecule has 2 N–H and O–H groups in total. The third kappa shape index (κ3) is 2.34. The number of benzene rings is 1. The molecule has 3 rings (SSSR count). The van der Waals surface area contributed by atoms with Gasteiger partial charge < -0.3 is 10.3 Å². The van der Waals surface area contributed by atoms with E-state index in [0.29, 0.717) is 5.92 Å². The second kappa shape index (κ2) is 4.94. The van der Waals surface area contributed by atoms with E-state index >= 15 is 0 Å². The minimum atomic E-state index is 0.606. The van der Waals surface area contributed by atoms with Crippen LogP contribution < -0.4 is 5.73 Å². The summed E-state index contributed by atoms with van der Waals surface area (Å²) in [6.45, 7) is 2.99. The van der Waals surface area contributed by atoms with E-state index in [4.69, 9.17) is 10.7 Å². The Balaban J connectivity index is 2.11. The van der Waals surface area contributed by atoms with Gasteiger partial charge in [-0.3, -0.25) is 0 Å². The Bertz CT molecular complexity index is 630. The molecule has 0 amide bonds. The zero-order chi connectivity index (χ0) is 13.6. The molecule has 0 radical (unpaired) electrons. The summed E-state index contributed by atoms with van der Waals surface area (Å²) in [5, 5.41) is 0. The number of aromatic nitrogens is 2. The number of anilines is 1. The first-order valence-electron chi connectivity index (χ1n) is 6.43. The van der Waals surface area contributed by atoms with Gasteiger partial charge in [0.1, 0.15) is 17.3 Å². The minimum Gasteiger partial charge on any atom is -0.383 e. The number of halogens is 2. The normalized spacial score (nSPS) is 14.9. The maximum atomic E-state index is 6.27. The van der Waals surface area contributed by atoms with Gasteiger partial charge >= 0.3 is 0 Å². The molecule has 3 nitrogen and oxygen atoms in total. The highest BCUT2D eigenvalue weighted by atomic mass is 79.9. The van der Waals surface area contributed by atoms with Gasteiger partial charge in [-0.25, -0.2) is 4.98 Å². The fourth-order valence-corrected chi connectivity index (χ4v) is 2.95. The molecule has 0 aliphatic heterocycles. The maximum Gasteiger partial charge on any atom is 0.131 e. The van der Waals surface area contributed by atoms with Crippen molar-refractivity contribution in [3.63, 3.8) is 0 Å². The zero-order valence-electron chi connectivity index (χ0n) is 10.7. The molecule has 19 heavy (non-hydrogen) atoms. The molecule has 0 spiro atoms. The first-order chi connectivity index (χ1) is 9.11. The standard InChI is InChI=1S/C14H15Br2N3/c1-2-19-13(17)12(18-14(19)8-3-4-8)9-5-6-10(15)11(16)7-9/h5-8H,2-4,17H2,1H3. The van der Waals surface area contributed by atoms with E-state index in [0.717, 1.165) is 38.4 Å².